The van der Waals surface area contributed by atoms with Crippen LogP contribution in [-0.2, 0) is 0 Å². The number of fused-ring (bicyclic) bond motifs is 1. The first kappa shape index (κ1) is 16.8. The Morgan fingerprint density at radius 1 is 1.07 bits per heavy atom. The van der Waals surface area contributed by atoms with E-state index in [2.05, 4.69) is 15.4 Å². The number of hydrogen-bond donors (Lipinski definition) is 1. The normalized spacial score (nSPS) is 10.9. The molecule has 134 valence electrons. The van der Waals surface area contributed by atoms with Crippen molar-refractivity contribution in [2.45, 2.75) is 6.92 Å². The lowest BCUT2D eigenvalue weighted by atomic mass is 10.2. The van der Waals surface area contributed by atoms with Gasteiger partial charge in [-0.15, -0.1) is 0 Å². The van der Waals surface area contributed by atoms with Crippen LogP contribution in [0.15, 0.2) is 60.8 Å². The van der Waals surface area contributed by atoms with Crippen molar-refractivity contribution in [2.75, 3.05) is 5.32 Å². The smallest absolute Gasteiger partial charge is 0.259 e. The van der Waals surface area contributed by atoms with E-state index in [0.29, 0.717) is 17.6 Å². The number of amides is 1. The summed E-state index contributed by atoms with van der Waals surface area (Å²) in [6, 6.07) is 14.4. The van der Waals surface area contributed by atoms with Gasteiger partial charge in [-0.25, -0.2) is 18.4 Å². The number of nitrogens with zero attached hydrogens (tertiary/aromatic N) is 3. The number of benzene rings is 2. The van der Waals surface area contributed by atoms with Gasteiger partial charge in [-0.3, -0.25) is 4.79 Å². The molecule has 0 aliphatic carbocycles. The van der Waals surface area contributed by atoms with Crippen LogP contribution in [0.5, 0.6) is 0 Å². The molecule has 7 heteroatoms. The monoisotopic (exact) mass is 364 g/mol. The largest absolute Gasteiger partial charge is 0.319 e. The minimum Gasteiger partial charge on any atom is -0.319 e. The highest BCUT2D eigenvalue weighted by Gasteiger charge is 2.17. The van der Waals surface area contributed by atoms with E-state index in [1.54, 1.807) is 11.6 Å². The van der Waals surface area contributed by atoms with Gasteiger partial charge in [0.1, 0.15) is 11.6 Å². The average Bonchev–Trinajstić information content (AvgIpc) is 3.05. The number of para-hydroxylation sites is 1. The lowest BCUT2D eigenvalue weighted by molar-refractivity contribution is 0.102. The Balaban J connectivity index is 1.65. The zero-order chi connectivity index (χ0) is 19.0. The van der Waals surface area contributed by atoms with E-state index in [0.717, 1.165) is 17.0 Å². The molecule has 0 bridgehead atoms. The second-order valence-corrected chi connectivity index (χ2v) is 6.00. The van der Waals surface area contributed by atoms with E-state index in [4.69, 9.17) is 0 Å². The molecule has 5 nitrogen and oxygen atoms in total. The summed E-state index contributed by atoms with van der Waals surface area (Å²) in [6.07, 6.45) is 1.39. The molecule has 2 heterocycles. The molecular weight excluding hydrogens is 350 g/mol. The van der Waals surface area contributed by atoms with Crippen LogP contribution in [0.3, 0.4) is 0 Å². The van der Waals surface area contributed by atoms with Gasteiger partial charge in [-0.05, 0) is 37.3 Å². The summed E-state index contributed by atoms with van der Waals surface area (Å²) in [5, 5.41) is 7.66. The number of carbonyl (C=O) groups is 1. The van der Waals surface area contributed by atoms with E-state index in [1.807, 2.05) is 36.4 Å². The second-order valence-electron chi connectivity index (χ2n) is 6.00. The van der Waals surface area contributed by atoms with Crippen molar-refractivity contribution in [3.63, 3.8) is 0 Å². The van der Waals surface area contributed by atoms with Crippen LogP contribution in [-0.4, -0.2) is 20.7 Å². The molecule has 0 spiro atoms. The van der Waals surface area contributed by atoms with Crippen LogP contribution in [0, 0.1) is 18.6 Å². The first-order chi connectivity index (χ1) is 13.0. The summed E-state index contributed by atoms with van der Waals surface area (Å²) >= 11 is 0. The Morgan fingerprint density at radius 3 is 2.70 bits per heavy atom. The number of halogens is 2. The van der Waals surface area contributed by atoms with Crippen molar-refractivity contribution in [1.82, 2.24) is 14.8 Å². The number of carbonyl (C=O) groups excluding carboxylic acids is 1. The average molecular weight is 364 g/mol. The lowest BCUT2D eigenvalue weighted by Crippen LogP contribution is -2.14. The Kier molecular flexibility index (Phi) is 4.12. The molecule has 2 aromatic carbocycles. The van der Waals surface area contributed by atoms with E-state index >= 15 is 0 Å². The first-order valence-corrected chi connectivity index (χ1v) is 8.20. The summed E-state index contributed by atoms with van der Waals surface area (Å²) in [5.74, 6) is -1.52. The number of aromatic nitrogens is 3. The van der Waals surface area contributed by atoms with E-state index < -0.39 is 17.5 Å². The van der Waals surface area contributed by atoms with Gasteiger partial charge in [0.2, 0.25) is 0 Å². The van der Waals surface area contributed by atoms with Gasteiger partial charge in [-0.1, -0.05) is 18.2 Å². The first-order valence-electron chi connectivity index (χ1n) is 8.20. The Bertz CT molecular complexity index is 1170. The topological polar surface area (TPSA) is 59.8 Å². The standard InChI is InChI=1S/C20H14F2N4O/c1-12-15(20(27)25-18-8-7-14(21)10-16(18)22)11-23-26(12)19-9-6-13-4-2-3-5-17(13)24-19/h2-11H,1H3,(H,25,27). The van der Waals surface area contributed by atoms with Crippen LogP contribution in [0.25, 0.3) is 16.7 Å². The Labute approximate surface area is 153 Å². The van der Waals surface area contributed by atoms with E-state index in [1.165, 1.54) is 12.3 Å². The van der Waals surface area contributed by atoms with Crippen LogP contribution in [0.4, 0.5) is 14.5 Å². The molecule has 2 aromatic heterocycles. The minimum atomic E-state index is -0.843. The van der Waals surface area contributed by atoms with Crippen molar-refractivity contribution in [3.05, 3.63) is 83.7 Å². The highest BCUT2D eigenvalue weighted by Crippen LogP contribution is 2.20. The molecule has 4 rings (SSSR count). The maximum atomic E-state index is 13.8. The second kappa shape index (κ2) is 6.60. The highest BCUT2D eigenvalue weighted by molar-refractivity contribution is 6.05. The fourth-order valence-electron chi connectivity index (χ4n) is 2.82. The molecular formula is C20H14F2N4O. The maximum Gasteiger partial charge on any atom is 0.259 e. The summed E-state index contributed by atoms with van der Waals surface area (Å²) in [6.45, 7) is 1.72. The molecule has 0 atom stereocenters. The van der Waals surface area contributed by atoms with Gasteiger partial charge in [0.15, 0.2) is 5.82 Å². The Hall–Kier alpha value is -3.61. The molecule has 4 aromatic rings. The van der Waals surface area contributed by atoms with Gasteiger partial charge < -0.3 is 5.32 Å². The fourth-order valence-corrected chi connectivity index (χ4v) is 2.82. The molecule has 0 aliphatic heterocycles. The Morgan fingerprint density at radius 2 is 1.89 bits per heavy atom. The zero-order valence-corrected chi connectivity index (χ0v) is 14.3. The maximum absolute atomic E-state index is 13.8. The van der Waals surface area contributed by atoms with Gasteiger partial charge in [0, 0.05) is 11.5 Å². The van der Waals surface area contributed by atoms with E-state index in [-0.39, 0.29) is 11.3 Å². The summed E-state index contributed by atoms with van der Waals surface area (Å²) in [4.78, 5) is 17.0. The third-order valence-electron chi connectivity index (χ3n) is 4.23. The minimum absolute atomic E-state index is 0.0996. The highest BCUT2D eigenvalue weighted by atomic mass is 19.1. The quantitative estimate of drug-likeness (QED) is 0.591. The van der Waals surface area contributed by atoms with Crippen molar-refractivity contribution >= 4 is 22.5 Å². The van der Waals surface area contributed by atoms with Gasteiger partial charge in [0.25, 0.3) is 5.91 Å². The lowest BCUT2D eigenvalue weighted by Gasteiger charge is -2.08. The molecule has 0 aliphatic rings. The third-order valence-corrected chi connectivity index (χ3v) is 4.23. The number of pyridine rings is 1. The molecule has 0 saturated carbocycles. The predicted octanol–water partition coefficient (Wildman–Crippen LogP) is 4.26. The summed E-state index contributed by atoms with van der Waals surface area (Å²) in [5.41, 5.74) is 1.54. The number of rotatable bonds is 3. The van der Waals surface area contributed by atoms with Gasteiger partial charge in [0.05, 0.1) is 28.7 Å². The SMILES string of the molecule is Cc1c(C(=O)Nc2ccc(F)cc2F)cnn1-c1ccc2ccccc2n1. The number of anilines is 1. The van der Waals surface area contributed by atoms with Crippen molar-refractivity contribution in [3.8, 4) is 5.82 Å². The molecule has 27 heavy (non-hydrogen) atoms. The number of hydrogen-bond acceptors (Lipinski definition) is 3. The van der Waals surface area contributed by atoms with Crippen LogP contribution < -0.4 is 5.32 Å². The molecule has 0 unspecified atom stereocenters. The molecule has 0 saturated heterocycles. The van der Waals surface area contributed by atoms with Crippen LogP contribution >= 0.6 is 0 Å². The van der Waals surface area contributed by atoms with Crippen molar-refractivity contribution < 1.29 is 13.6 Å². The van der Waals surface area contributed by atoms with Gasteiger partial charge >= 0.3 is 0 Å². The summed E-state index contributed by atoms with van der Waals surface area (Å²) in [7, 11) is 0. The zero-order valence-electron chi connectivity index (χ0n) is 14.3. The molecule has 1 N–H and O–H groups in total. The third kappa shape index (κ3) is 3.15. The van der Waals surface area contributed by atoms with Gasteiger partial charge in [-0.2, -0.15) is 5.10 Å². The molecule has 0 radical (unpaired) electrons. The van der Waals surface area contributed by atoms with E-state index in [9.17, 15) is 13.6 Å². The fraction of sp³-hybridized carbons (Fsp3) is 0.0500. The molecule has 1 amide bonds. The van der Waals surface area contributed by atoms with Crippen molar-refractivity contribution in [1.29, 1.82) is 0 Å². The number of nitrogens with one attached hydrogen (secondary N) is 1. The van der Waals surface area contributed by atoms with Crippen molar-refractivity contribution in [2.24, 2.45) is 0 Å². The van der Waals surface area contributed by atoms with Crippen LogP contribution in [0.1, 0.15) is 16.1 Å². The predicted molar refractivity (Wildman–Crippen MR) is 97.9 cm³/mol. The van der Waals surface area contributed by atoms with Crippen LogP contribution in [0.2, 0.25) is 0 Å². The summed E-state index contributed by atoms with van der Waals surface area (Å²) < 4.78 is 28.3. The molecule has 0 fully saturated rings.